The van der Waals surface area contributed by atoms with Crippen LogP contribution in [-0.2, 0) is 11.3 Å². The molecule has 0 spiro atoms. The van der Waals surface area contributed by atoms with Crippen molar-refractivity contribution < 1.29 is 4.79 Å². The highest BCUT2D eigenvalue weighted by atomic mass is 32.1. The van der Waals surface area contributed by atoms with Crippen LogP contribution in [0.25, 0.3) is 0 Å². The summed E-state index contributed by atoms with van der Waals surface area (Å²) in [5.74, 6) is 0.0266. The molecule has 0 aliphatic heterocycles. The van der Waals surface area contributed by atoms with Crippen LogP contribution in [-0.4, -0.2) is 5.91 Å². The summed E-state index contributed by atoms with van der Waals surface area (Å²) in [5, 5.41) is 2.77. The van der Waals surface area contributed by atoms with Gasteiger partial charge >= 0.3 is 0 Å². The first-order valence-electron chi connectivity index (χ1n) is 3.90. The second-order valence-corrected chi connectivity index (χ2v) is 4.20. The second kappa shape index (κ2) is 3.72. The summed E-state index contributed by atoms with van der Waals surface area (Å²) < 4.78 is 0. The molecule has 0 aliphatic carbocycles. The maximum atomic E-state index is 10.6. The quantitative estimate of drug-likeness (QED) is 0.746. The lowest BCUT2D eigenvalue weighted by Crippen LogP contribution is -2.18. The van der Waals surface area contributed by atoms with Gasteiger partial charge in [0, 0.05) is 16.7 Å². The molecule has 0 fully saturated rings. The maximum absolute atomic E-state index is 10.6. The van der Waals surface area contributed by atoms with E-state index in [0.29, 0.717) is 6.54 Å². The first-order chi connectivity index (χ1) is 5.59. The summed E-state index contributed by atoms with van der Waals surface area (Å²) in [7, 11) is 0. The van der Waals surface area contributed by atoms with Crippen LogP contribution >= 0.6 is 11.3 Å². The van der Waals surface area contributed by atoms with Crippen molar-refractivity contribution in [3.05, 3.63) is 21.4 Å². The molecule has 1 heterocycles. The van der Waals surface area contributed by atoms with Crippen LogP contribution in [0.4, 0.5) is 0 Å². The van der Waals surface area contributed by atoms with Crippen molar-refractivity contribution in [3.63, 3.8) is 0 Å². The standard InChI is InChI=1S/C9H13NOS/c1-6-4-9(12-7(6)2)5-10-8(3)11/h4H,5H2,1-3H3,(H,10,11). The number of carbonyl (C=O) groups is 1. The average molecular weight is 183 g/mol. The van der Waals surface area contributed by atoms with E-state index in [1.807, 2.05) is 0 Å². The molecule has 12 heavy (non-hydrogen) atoms. The number of rotatable bonds is 2. The van der Waals surface area contributed by atoms with Crippen molar-refractivity contribution >= 4 is 17.2 Å². The minimum absolute atomic E-state index is 0.0266. The van der Waals surface area contributed by atoms with E-state index >= 15 is 0 Å². The summed E-state index contributed by atoms with van der Waals surface area (Å²) in [6.07, 6.45) is 0. The number of amides is 1. The van der Waals surface area contributed by atoms with Gasteiger partial charge in [0.25, 0.3) is 0 Å². The molecule has 0 radical (unpaired) electrons. The van der Waals surface area contributed by atoms with Crippen LogP contribution in [0.1, 0.15) is 22.2 Å². The number of aryl methyl sites for hydroxylation is 2. The Morgan fingerprint density at radius 2 is 2.25 bits per heavy atom. The van der Waals surface area contributed by atoms with E-state index in [0.717, 1.165) is 0 Å². The molecular formula is C9H13NOS. The van der Waals surface area contributed by atoms with Crippen molar-refractivity contribution in [2.45, 2.75) is 27.3 Å². The molecule has 0 unspecified atom stereocenters. The predicted molar refractivity (Wildman–Crippen MR) is 51.3 cm³/mol. The van der Waals surface area contributed by atoms with Crippen molar-refractivity contribution in [2.24, 2.45) is 0 Å². The van der Waals surface area contributed by atoms with E-state index in [2.05, 4.69) is 25.2 Å². The summed E-state index contributed by atoms with van der Waals surface area (Å²) in [6, 6.07) is 2.12. The molecule has 0 bridgehead atoms. The third-order valence-corrected chi connectivity index (χ3v) is 2.88. The van der Waals surface area contributed by atoms with E-state index in [1.54, 1.807) is 11.3 Å². The zero-order valence-electron chi connectivity index (χ0n) is 7.60. The van der Waals surface area contributed by atoms with E-state index in [1.165, 1.54) is 22.2 Å². The fourth-order valence-electron chi connectivity index (χ4n) is 0.948. The zero-order valence-corrected chi connectivity index (χ0v) is 8.42. The molecule has 0 saturated heterocycles. The first-order valence-corrected chi connectivity index (χ1v) is 4.71. The van der Waals surface area contributed by atoms with Crippen LogP contribution in [0.5, 0.6) is 0 Å². The topological polar surface area (TPSA) is 29.1 Å². The molecule has 0 aliphatic rings. The molecule has 2 nitrogen and oxygen atoms in total. The number of hydrogen-bond acceptors (Lipinski definition) is 2. The van der Waals surface area contributed by atoms with Crippen molar-refractivity contribution in [3.8, 4) is 0 Å². The van der Waals surface area contributed by atoms with Crippen molar-refractivity contribution in [1.29, 1.82) is 0 Å². The molecule has 1 rings (SSSR count). The molecule has 0 saturated carbocycles. The van der Waals surface area contributed by atoms with Gasteiger partial charge < -0.3 is 5.32 Å². The Morgan fingerprint density at radius 3 is 2.67 bits per heavy atom. The highest BCUT2D eigenvalue weighted by Gasteiger charge is 2.01. The third kappa shape index (κ3) is 2.34. The fraction of sp³-hybridized carbons (Fsp3) is 0.444. The lowest BCUT2D eigenvalue weighted by Gasteiger charge is -1.96. The normalized spacial score (nSPS) is 9.92. The lowest BCUT2D eigenvalue weighted by molar-refractivity contribution is -0.119. The molecule has 0 atom stereocenters. The van der Waals surface area contributed by atoms with Crippen LogP contribution in [0.2, 0.25) is 0 Å². The Hall–Kier alpha value is -0.830. The van der Waals surface area contributed by atoms with Gasteiger partial charge in [-0.15, -0.1) is 11.3 Å². The smallest absolute Gasteiger partial charge is 0.217 e. The van der Waals surface area contributed by atoms with Gasteiger partial charge in [0.1, 0.15) is 0 Å². The Bertz CT molecular complexity index is 271. The Morgan fingerprint density at radius 1 is 1.58 bits per heavy atom. The number of nitrogens with one attached hydrogen (secondary N) is 1. The van der Waals surface area contributed by atoms with Gasteiger partial charge in [0.15, 0.2) is 0 Å². The Balaban J connectivity index is 2.58. The Labute approximate surface area is 76.6 Å². The van der Waals surface area contributed by atoms with Crippen LogP contribution < -0.4 is 5.32 Å². The highest BCUT2D eigenvalue weighted by molar-refractivity contribution is 7.12. The minimum atomic E-state index is 0.0266. The monoisotopic (exact) mass is 183 g/mol. The van der Waals surface area contributed by atoms with E-state index in [-0.39, 0.29) is 5.91 Å². The van der Waals surface area contributed by atoms with Crippen LogP contribution in [0.3, 0.4) is 0 Å². The molecule has 0 aromatic carbocycles. The Kier molecular flexibility index (Phi) is 2.87. The molecule has 66 valence electrons. The van der Waals surface area contributed by atoms with E-state index in [4.69, 9.17) is 0 Å². The van der Waals surface area contributed by atoms with Gasteiger partial charge in [-0.3, -0.25) is 4.79 Å². The molecule has 1 amide bonds. The van der Waals surface area contributed by atoms with Crippen molar-refractivity contribution in [1.82, 2.24) is 5.32 Å². The number of hydrogen-bond donors (Lipinski definition) is 1. The largest absolute Gasteiger partial charge is 0.351 e. The molecule has 1 N–H and O–H groups in total. The van der Waals surface area contributed by atoms with Crippen molar-refractivity contribution in [2.75, 3.05) is 0 Å². The first kappa shape index (κ1) is 9.26. The molecular weight excluding hydrogens is 170 g/mol. The maximum Gasteiger partial charge on any atom is 0.217 e. The van der Waals surface area contributed by atoms with Crippen LogP contribution in [0, 0.1) is 13.8 Å². The average Bonchev–Trinajstić information content (AvgIpc) is 2.28. The molecule has 1 aromatic heterocycles. The van der Waals surface area contributed by atoms with Crippen LogP contribution in [0.15, 0.2) is 6.07 Å². The van der Waals surface area contributed by atoms with Gasteiger partial charge in [-0.25, -0.2) is 0 Å². The van der Waals surface area contributed by atoms with Gasteiger partial charge in [-0.2, -0.15) is 0 Å². The SMILES string of the molecule is CC(=O)NCc1cc(C)c(C)s1. The number of carbonyl (C=O) groups excluding carboxylic acids is 1. The summed E-state index contributed by atoms with van der Waals surface area (Å²) in [4.78, 5) is 13.2. The van der Waals surface area contributed by atoms with Gasteiger partial charge in [0.2, 0.25) is 5.91 Å². The molecule has 3 heteroatoms. The molecule has 1 aromatic rings. The fourth-order valence-corrected chi connectivity index (χ4v) is 1.94. The predicted octanol–water partition coefficient (Wildman–Crippen LogP) is 2.00. The number of thiophene rings is 1. The van der Waals surface area contributed by atoms with E-state index in [9.17, 15) is 4.79 Å². The van der Waals surface area contributed by atoms with Gasteiger partial charge in [0.05, 0.1) is 6.54 Å². The summed E-state index contributed by atoms with van der Waals surface area (Å²) in [5.41, 5.74) is 1.31. The minimum Gasteiger partial charge on any atom is -0.351 e. The second-order valence-electron chi connectivity index (χ2n) is 2.86. The third-order valence-electron chi connectivity index (χ3n) is 1.73. The van der Waals surface area contributed by atoms with E-state index < -0.39 is 0 Å². The zero-order chi connectivity index (χ0) is 9.14. The highest BCUT2D eigenvalue weighted by Crippen LogP contribution is 2.19. The van der Waals surface area contributed by atoms with Gasteiger partial charge in [-0.05, 0) is 25.5 Å². The van der Waals surface area contributed by atoms with Gasteiger partial charge in [-0.1, -0.05) is 0 Å². The summed E-state index contributed by atoms with van der Waals surface area (Å²) in [6.45, 7) is 6.38. The summed E-state index contributed by atoms with van der Waals surface area (Å²) >= 11 is 1.74. The lowest BCUT2D eigenvalue weighted by atomic mass is 10.3.